The number of nitro groups is 1. The fraction of sp³-hybridized carbons (Fsp3) is 0.250. The van der Waals surface area contributed by atoms with Crippen LogP contribution in [0, 0.1) is 16.0 Å². The van der Waals surface area contributed by atoms with Crippen LogP contribution in [-0.2, 0) is 22.7 Å². The quantitative estimate of drug-likeness (QED) is 0.156. The largest absolute Gasteiger partial charge is 0.497 e. The zero-order valence-electron chi connectivity index (χ0n) is 20.6. The first-order valence-corrected chi connectivity index (χ1v) is 12.3. The number of benzene rings is 3. The van der Waals surface area contributed by atoms with Crippen molar-refractivity contribution in [3.8, 4) is 5.75 Å². The standard InChI is InChI=1S/C28H26N2O7S/c1-35-24-13-9-20(10-14-24)17-36-27(38)25-15-22(26(31)21-5-3-2-4-6-21)16-29(25)28(32)37-18-19-7-11-23(12-8-19)30(33)34/h2-14,22,25H,15-18H2,1H3/t22-,25-/m0/s1. The molecule has 3 aromatic rings. The van der Waals surface area contributed by atoms with Crippen LogP contribution in [-0.4, -0.2) is 46.4 Å². The number of Topliss-reactive ketones (excluding diaryl/α,β-unsaturated/α-hetero) is 1. The highest BCUT2D eigenvalue weighted by Gasteiger charge is 2.42. The average Bonchev–Trinajstić information content (AvgIpc) is 3.41. The predicted molar refractivity (Wildman–Crippen MR) is 143 cm³/mol. The third kappa shape index (κ3) is 6.51. The van der Waals surface area contributed by atoms with Gasteiger partial charge in [0.2, 0.25) is 0 Å². The molecule has 1 aliphatic heterocycles. The molecular formula is C28H26N2O7S. The Bertz CT molecular complexity index is 1300. The Morgan fingerprint density at radius 2 is 1.55 bits per heavy atom. The summed E-state index contributed by atoms with van der Waals surface area (Å²) in [4.78, 5) is 38.1. The van der Waals surface area contributed by atoms with Gasteiger partial charge in [-0.25, -0.2) is 4.79 Å². The van der Waals surface area contributed by atoms with Crippen LogP contribution in [0.1, 0.15) is 27.9 Å². The van der Waals surface area contributed by atoms with E-state index in [4.69, 9.17) is 26.4 Å². The zero-order chi connectivity index (χ0) is 27.1. The number of thiocarbonyl (C=S) groups is 1. The normalized spacial score (nSPS) is 16.5. The molecule has 4 rings (SSSR count). The summed E-state index contributed by atoms with van der Waals surface area (Å²) < 4.78 is 16.5. The SMILES string of the molecule is COc1ccc(COC(=S)[C@@H]2C[C@H](C(=O)c3ccccc3)CN2C(=O)OCc2ccc([N+](=O)[O-])cc2)cc1. The number of carbonyl (C=O) groups excluding carboxylic acids is 2. The summed E-state index contributed by atoms with van der Waals surface area (Å²) in [7, 11) is 1.59. The topological polar surface area (TPSA) is 108 Å². The molecule has 3 aromatic carbocycles. The van der Waals surface area contributed by atoms with Crippen molar-refractivity contribution in [2.75, 3.05) is 13.7 Å². The fourth-order valence-corrected chi connectivity index (χ4v) is 4.49. The van der Waals surface area contributed by atoms with Gasteiger partial charge in [0.05, 0.1) is 12.0 Å². The third-order valence-electron chi connectivity index (χ3n) is 6.29. The van der Waals surface area contributed by atoms with Crippen molar-refractivity contribution in [3.05, 3.63) is 106 Å². The summed E-state index contributed by atoms with van der Waals surface area (Å²) in [6, 6.07) is 21.3. The van der Waals surface area contributed by atoms with Crippen LogP contribution in [0.15, 0.2) is 78.9 Å². The molecule has 0 spiro atoms. The number of hydrogen-bond acceptors (Lipinski definition) is 8. The van der Waals surface area contributed by atoms with E-state index in [1.54, 1.807) is 31.4 Å². The van der Waals surface area contributed by atoms with Gasteiger partial charge in [0.25, 0.3) is 5.69 Å². The zero-order valence-corrected chi connectivity index (χ0v) is 21.5. The third-order valence-corrected chi connectivity index (χ3v) is 6.68. The van der Waals surface area contributed by atoms with Gasteiger partial charge in [0, 0.05) is 30.2 Å². The number of hydrogen-bond donors (Lipinski definition) is 0. The van der Waals surface area contributed by atoms with Crippen LogP contribution in [0.5, 0.6) is 5.75 Å². The molecule has 0 unspecified atom stereocenters. The van der Waals surface area contributed by atoms with E-state index in [1.807, 2.05) is 30.3 Å². The fourth-order valence-electron chi connectivity index (χ4n) is 4.20. The van der Waals surface area contributed by atoms with Crippen molar-refractivity contribution in [2.45, 2.75) is 25.7 Å². The first kappa shape index (κ1) is 26.7. The lowest BCUT2D eigenvalue weighted by atomic mass is 9.95. The number of nitrogens with zero attached hydrogens (tertiary/aromatic N) is 2. The van der Waals surface area contributed by atoms with Gasteiger partial charge in [-0.3, -0.25) is 19.8 Å². The summed E-state index contributed by atoms with van der Waals surface area (Å²) in [6.45, 7) is 0.239. The molecule has 1 heterocycles. The van der Waals surface area contributed by atoms with Crippen molar-refractivity contribution in [1.82, 2.24) is 4.90 Å². The first-order chi connectivity index (χ1) is 18.4. The number of nitro benzene ring substituents is 1. The van der Waals surface area contributed by atoms with Gasteiger partial charge in [-0.15, -0.1) is 0 Å². The molecule has 10 heteroatoms. The summed E-state index contributed by atoms with van der Waals surface area (Å²) >= 11 is 5.56. The Hall–Kier alpha value is -4.31. The molecule has 1 aliphatic rings. The molecule has 1 fully saturated rings. The highest BCUT2D eigenvalue weighted by atomic mass is 32.1. The Labute approximate surface area is 225 Å². The van der Waals surface area contributed by atoms with Crippen molar-refractivity contribution in [3.63, 3.8) is 0 Å². The van der Waals surface area contributed by atoms with Gasteiger partial charge in [0.15, 0.2) is 10.8 Å². The van der Waals surface area contributed by atoms with E-state index < -0.39 is 23.0 Å². The molecule has 0 radical (unpaired) electrons. The second-order valence-electron chi connectivity index (χ2n) is 8.76. The van der Waals surface area contributed by atoms with E-state index in [0.717, 1.165) is 11.3 Å². The highest BCUT2D eigenvalue weighted by molar-refractivity contribution is 7.80. The molecule has 0 aliphatic carbocycles. The maximum absolute atomic E-state index is 13.2. The summed E-state index contributed by atoms with van der Waals surface area (Å²) in [5, 5.41) is 11.1. The Morgan fingerprint density at radius 1 is 0.947 bits per heavy atom. The molecule has 0 saturated carbocycles. The molecule has 2 atom stereocenters. The molecule has 0 N–H and O–H groups in total. The minimum Gasteiger partial charge on any atom is -0.497 e. The highest BCUT2D eigenvalue weighted by Crippen LogP contribution is 2.29. The van der Waals surface area contributed by atoms with Crippen molar-refractivity contribution in [2.24, 2.45) is 5.92 Å². The lowest BCUT2D eigenvalue weighted by Crippen LogP contribution is -2.41. The van der Waals surface area contributed by atoms with Gasteiger partial charge in [0.1, 0.15) is 25.0 Å². The van der Waals surface area contributed by atoms with Crippen LogP contribution in [0.25, 0.3) is 0 Å². The van der Waals surface area contributed by atoms with E-state index in [-0.39, 0.29) is 36.3 Å². The van der Waals surface area contributed by atoms with Gasteiger partial charge in [-0.05, 0) is 54.0 Å². The van der Waals surface area contributed by atoms with Crippen LogP contribution in [0.4, 0.5) is 10.5 Å². The summed E-state index contributed by atoms with van der Waals surface area (Å²) in [6.07, 6.45) is -0.339. The number of likely N-dealkylation sites (tertiary alicyclic amines) is 1. The maximum atomic E-state index is 13.2. The number of amides is 1. The second-order valence-corrected chi connectivity index (χ2v) is 9.17. The molecule has 0 bridgehead atoms. The first-order valence-electron chi connectivity index (χ1n) is 11.9. The number of ether oxygens (including phenoxy) is 3. The number of rotatable bonds is 9. The minimum absolute atomic E-state index is 0.0543. The van der Waals surface area contributed by atoms with Gasteiger partial charge < -0.3 is 14.2 Å². The summed E-state index contributed by atoms with van der Waals surface area (Å²) in [5.41, 5.74) is 1.97. The van der Waals surface area contributed by atoms with Crippen LogP contribution >= 0.6 is 12.2 Å². The summed E-state index contributed by atoms with van der Waals surface area (Å²) in [5.74, 6) is 0.160. The monoisotopic (exact) mass is 534 g/mol. The molecule has 1 saturated heterocycles. The predicted octanol–water partition coefficient (Wildman–Crippen LogP) is 5.36. The van der Waals surface area contributed by atoms with Gasteiger partial charge in [-0.1, -0.05) is 42.5 Å². The average molecular weight is 535 g/mol. The molecule has 196 valence electrons. The number of methoxy groups -OCH3 is 1. The number of ketones is 1. The van der Waals surface area contributed by atoms with E-state index in [0.29, 0.717) is 17.5 Å². The lowest BCUT2D eigenvalue weighted by Gasteiger charge is -2.24. The van der Waals surface area contributed by atoms with E-state index in [9.17, 15) is 19.7 Å². The van der Waals surface area contributed by atoms with Crippen LogP contribution in [0.3, 0.4) is 0 Å². The van der Waals surface area contributed by atoms with Crippen LogP contribution in [0.2, 0.25) is 0 Å². The molecule has 0 aromatic heterocycles. The Morgan fingerprint density at radius 3 is 2.16 bits per heavy atom. The van der Waals surface area contributed by atoms with Crippen molar-refractivity contribution in [1.29, 1.82) is 0 Å². The molecule has 1 amide bonds. The van der Waals surface area contributed by atoms with E-state index in [2.05, 4.69) is 0 Å². The van der Waals surface area contributed by atoms with Gasteiger partial charge in [-0.2, -0.15) is 0 Å². The Kier molecular flexibility index (Phi) is 8.65. The van der Waals surface area contributed by atoms with Crippen molar-refractivity contribution < 1.29 is 28.7 Å². The Balaban J connectivity index is 1.45. The van der Waals surface area contributed by atoms with E-state index >= 15 is 0 Å². The lowest BCUT2D eigenvalue weighted by molar-refractivity contribution is -0.384. The van der Waals surface area contributed by atoms with E-state index in [1.165, 1.54) is 29.2 Å². The molecular weight excluding hydrogens is 508 g/mol. The second kappa shape index (κ2) is 12.3. The number of carbonyl (C=O) groups is 2. The van der Waals surface area contributed by atoms with Crippen molar-refractivity contribution >= 4 is 34.8 Å². The number of non-ortho nitro benzene ring substituents is 1. The maximum Gasteiger partial charge on any atom is 0.410 e. The van der Waals surface area contributed by atoms with Crippen LogP contribution < -0.4 is 4.74 Å². The van der Waals surface area contributed by atoms with Gasteiger partial charge >= 0.3 is 6.09 Å². The molecule has 38 heavy (non-hydrogen) atoms. The molecule has 9 nitrogen and oxygen atoms in total. The minimum atomic E-state index is -0.646. The smallest absolute Gasteiger partial charge is 0.410 e.